The lowest BCUT2D eigenvalue weighted by atomic mass is 10.1. The Morgan fingerprint density at radius 2 is 1.56 bits per heavy atom. The monoisotopic (exact) mass is 251 g/mol. The minimum Gasteiger partial charge on any atom is -0.288 e. The SMILES string of the molecule is [CH2]c1c(F)c(F)c(CSC(C)=O)c(F)c1F. The molecule has 87 valence electrons. The Hall–Kier alpha value is -1.04. The fourth-order valence-electron chi connectivity index (χ4n) is 1.02. The van der Waals surface area contributed by atoms with Gasteiger partial charge in [-0.05, 0) is 6.92 Å². The van der Waals surface area contributed by atoms with Crippen LogP contribution in [0, 0.1) is 30.2 Å². The Bertz CT molecular complexity index is 416. The van der Waals surface area contributed by atoms with Crippen molar-refractivity contribution in [3.8, 4) is 0 Å². The molecule has 0 aromatic heterocycles. The molecule has 1 aromatic carbocycles. The van der Waals surface area contributed by atoms with E-state index < -0.39 is 45.3 Å². The van der Waals surface area contributed by atoms with E-state index in [-0.39, 0.29) is 0 Å². The molecule has 0 saturated heterocycles. The van der Waals surface area contributed by atoms with Crippen LogP contribution in [0.25, 0.3) is 0 Å². The molecular formula is C10H7F4OS. The lowest BCUT2D eigenvalue weighted by Crippen LogP contribution is -2.05. The molecular weight excluding hydrogens is 244 g/mol. The molecule has 0 fully saturated rings. The van der Waals surface area contributed by atoms with Gasteiger partial charge in [0.2, 0.25) is 0 Å². The van der Waals surface area contributed by atoms with Gasteiger partial charge in [0, 0.05) is 23.8 Å². The van der Waals surface area contributed by atoms with Crippen LogP contribution >= 0.6 is 11.8 Å². The molecule has 0 heterocycles. The number of hydrogen-bond donors (Lipinski definition) is 0. The molecule has 0 aliphatic rings. The maximum Gasteiger partial charge on any atom is 0.186 e. The summed E-state index contributed by atoms with van der Waals surface area (Å²) in [5.74, 6) is -6.52. The Labute approximate surface area is 93.8 Å². The van der Waals surface area contributed by atoms with Gasteiger partial charge in [0.05, 0.1) is 0 Å². The second-order valence-corrected chi connectivity index (χ2v) is 4.15. The molecule has 0 aliphatic heterocycles. The van der Waals surface area contributed by atoms with Crippen LogP contribution in [0.15, 0.2) is 0 Å². The van der Waals surface area contributed by atoms with Crippen molar-refractivity contribution in [2.45, 2.75) is 12.7 Å². The maximum atomic E-state index is 13.2. The number of benzene rings is 1. The first kappa shape index (κ1) is 13.0. The van der Waals surface area contributed by atoms with E-state index in [0.717, 1.165) is 0 Å². The highest BCUT2D eigenvalue weighted by atomic mass is 32.2. The van der Waals surface area contributed by atoms with Gasteiger partial charge in [-0.15, -0.1) is 0 Å². The second-order valence-electron chi connectivity index (χ2n) is 2.99. The zero-order valence-corrected chi connectivity index (χ0v) is 9.06. The van der Waals surface area contributed by atoms with Crippen LogP contribution in [0.1, 0.15) is 18.1 Å². The van der Waals surface area contributed by atoms with Crippen LogP contribution in [0.3, 0.4) is 0 Å². The zero-order valence-electron chi connectivity index (χ0n) is 8.24. The van der Waals surface area contributed by atoms with Gasteiger partial charge >= 0.3 is 0 Å². The van der Waals surface area contributed by atoms with Gasteiger partial charge in [-0.25, -0.2) is 17.6 Å². The number of hydrogen-bond acceptors (Lipinski definition) is 2. The lowest BCUT2D eigenvalue weighted by Gasteiger charge is -2.08. The van der Waals surface area contributed by atoms with Crippen LogP contribution in [0.2, 0.25) is 0 Å². The van der Waals surface area contributed by atoms with Gasteiger partial charge in [-0.1, -0.05) is 11.8 Å². The fraction of sp³-hybridized carbons (Fsp3) is 0.200. The highest BCUT2D eigenvalue weighted by Gasteiger charge is 2.23. The summed E-state index contributed by atoms with van der Waals surface area (Å²) in [6, 6.07) is 0. The molecule has 0 amide bonds. The molecule has 1 rings (SSSR count). The minimum absolute atomic E-state index is 0.404. The van der Waals surface area contributed by atoms with Crippen molar-refractivity contribution in [1.29, 1.82) is 0 Å². The van der Waals surface area contributed by atoms with E-state index >= 15 is 0 Å². The Balaban J connectivity index is 3.23. The summed E-state index contributed by atoms with van der Waals surface area (Å²) in [6.45, 7) is 4.06. The van der Waals surface area contributed by atoms with Gasteiger partial charge < -0.3 is 0 Å². The Kier molecular flexibility index (Phi) is 3.96. The molecule has 0 bridgehead atoms. The lowest BCUT2D eigenvalue weighted by molar-refractivity contribution is -0.109. The molecule has 0 spiro atoms. The van der Waals surface area contributed by atoms with Gasteiger partial charge in [-0.3, -0.25) is 4.79 Å². The smallest absolute Gasteiger partial charge is 0.186 e. The van der Waals surface area contributed by atoms with Crippen molar-refractivity contribution < 1.29 is 22.4 Å². The van der Waals surface area contributed by atoms with Gasteiger partial charge in [0.25, 0.3) is 0 Å². The van der Waals surface area contributed by atoms with E-state index in [0.29, 0.717) is 11.8 Å². The normalized spacial score (nSPS) is 10.6. The van der Waals surface area contributed by atoms with Crippen LogP contribution in [-0.2, 0) is 10.5 Å². The molecule has 0 atom stereocenters. The van der Waals surface area contributed by atoms with Crippen molar-refractivity contribution in [2.24, 2.45) is 0 Å². The summed E-state index contributed by atoms with van der Waals surface area (Å²) in [5.41, 5.74) is -1.74. The first-order valence-electron chi connectivity index (χ1n) is 4.16. The molecule has 1 nitrogen and oxygen atoms in total. The third kappa shape index (κ3) is 2.37. The molecule has 0 aliphatic carbocycles. The Morgan fingerprint density at radius 3 is 1.94 bits per heavy atom. The number of carbonyl (C=O) groups is 1. The highest BCUT2D eigenvalue weighted by molar-refractivity contribution is 8.12. The van der Waals surface area contributed by atoms with E-state index in [1.807, 2.05) is 0 Å². The highest BCUT2D eigenvalue weighted by Crippen LogP contribution is 2.26. The first-order chi connectivity index (χ1) is 7.36. The van der Waals surface area contributed by atoms with Crippen molar-refractivity contribution >= 4 is 16.9 Å². The largest absolute Gasteiger partial charge is 0.288 e. The van der Waals surface area contributed by atoms with Crippen molar-refractivity contribution in [2.75, 3.05) is 0 Å². The molecule has 1 radical (unpaired) electrons. The standard InChI is InChI=1S/C10H7F4OS/c1-4-7(11)9(13)6(3-16-5(2)15)10(14)8(4)12/h1,3H2,2H3. The molecule has 6 heteroatoms. The average molecular weight is 251 g/mol. The minimum atomic E-state index is -1.53. The predicted molar refractivity (Wildman–Crippen MR) is 52.7 cm³/mol. The first-order valence-corrected chi connectivity index (χ1v) is 5.15. The maximum absolute atomic E-state index is 13.2. The van der Waals surface area contributed by atoms with Crippen molar-refractivity contribution in [3.05, 3.63) is 41.3 Å². The topological polar surface area (TPSA) is 17.1 Å². The molecule has 16 heavy (non-hydrogen) atoms. The molecule has 1 aromatic rings. The van der Waals surface area contributed by atoms with Crippen molar-refractivity contribution in [1.82, 2.24) is 0 Å². The number of rotatable bonds is 2. The summed E-state index contributed by atoms with van der Waals surface area (Å²) >= 11 is 0.563. The van der Waals surface area contributed by atoms with E-state index in [1.165, 1.54) is 6.92 Å². The number of thioether (sulfide) groups is 1. The third-order valence-electron chi connectivity index (χ3n) is 1.86. The van der Waals surface area contributed by atoms with Gasteiger partial charge in [0.1, 0.15) is 0 Å². The van der Waals surface area contributed by atoms with Crippen LogP contribution in [-0.4, -0.2) is 5.12 Å². The number of carbonyl (C=O) groups excluding carboxylic acids is 1. The van der Waals surface area contributed by atoms with E-state index in [4.69, 9.17) is 0 Å². The van der Waals surface area contributed by atoms with E-state index in [9.17, 15) is 22.4 Å². The second kappa shape index (κ2) is 4.86. The van der Waals surface area contributed by atoms with Crippen LogP contribution in [0.4, 0.5) is 17.6 Å². The molecule has 0 N–H and O–H groups in total. The summed E-state index contributed by atoms with van der Waals surface area (Å²) in [4.78, 5) is 10.6. The van der Waals surface area contributed by atoms with Crippen LogP contribution < -0.4 is 0 Å². The summed E-state index contributed by atoms with van der Waals surface area (Å²) in [7, 11) is 0. The molecule has 0 unspecified atom stereocenters. The quantitative estimate of drug-likeness (QED) is 0.593. The summed E-state index contributed by atoms with van der Waals surface area (Å²) < 4.78 is 52.5. The van der Waals surface area contributed by atoms with E-state index in [2.05, 4.69) is 6.92 Å². The van der Waals surface area contributed by atoms with Gasteiger partial charge in [-0.2, -0.15) is 0 Å². The summed E-state index contributed by atoms with van der Waals surface area (Å²) in [6.07, 6.45) is 0. The zero-order chi connectivity index (χ0) is 12.5. The van der Waals surface area contributed by atoms with E-state index in [1.54, 1.807) is 0 Å². The van der Waals surface area contributed by atoms with Gasteiger partial charge in [0.15, 0.2) is 28.4 Å². The number of halogens is 4. The van der Waals surface area contributed by atoms with Crippen LogP contribution in [0.5, 0.6) is 0 Å². The fourth-order valence-corrected chi connectivity index (χ4v) is 1.62. The average Bonchev–Trinajstić information content (AvgIpc) is 2.23. The predicted octanol–water partition coefficient (Wildman–Crippen LogP) is 3.20. The van der Waals surface area contributed by atoms with Crippen molar-refractivity contribution in [3.63, 3.8) is 0 Å². The Morgan fingerprint density at radius 1 is 1.12 bits per heavy atom. The third-order valence-corrected chi connectivity index (χ3v) is 2.70. The summed E-state index contributed by atoms with van der Waals surface area (Å²) in [5, 5.41) is -0.404. The molecule has 0 saturated carbocycles.